The number of anilines is 1. The fraction of sp³-hybridized carbons (Fsp3) is 0.375. The van der Waals surface area contributed by atoms with Crippen molar-refractivity contribution in [2.24, 2.45) is 0 Å². The van der Waals surface area contributed by atoms with Gasteiger partial charge in [0.2, 0.25) is 10.0 Å². The van der Waals surface area contributed by atoms with E-state index in [1.165, 1.54) is 26.5 Å². The van der Waals surface area contributed by atoms with E-state index in [0.717, 1.165) is 15.6 Å². The summed E-state index contributed by atoms with van der Waals surface area (Å²) in [5, 5.41) is 4.13. The molecule has 1 atom stereocenters. The molecule has 1 aromatic heterocycles. The number of carbonyl (C=O) groups excluding carboxylic acids is 1. The molecule has 0 bridgehead atoms. The van der Waals surface area contributed by atoms with Crippen LogP contribution in [0, 0.1) is 0 Å². The van der Waals surface area contributed by atoms with Crippen molar-refractivity contribution < 1.29 is 17.9 Å². The van der Waals surface area contributed by atoms with Gasteiger partial charge in [0.15, 0.2) is 0 Å². The summed E-state index contributed by atoms with van der Waals surface area (Å²) in [6.07, 6.45) is 3.09. The van der Waals surface area contributed by atoms with Gasteiger partial charge in [-0.15, -0.1) is 0 Å². The smallest absolute Gasteiger partial charge is 0.256 e. The zero-order valence-electron chi connectivity index (χ0n) is 20.3. The Morgan fingerprint density at radius 3 is 2.34 bits per heavy atom. The first-order valence-electron chi connectivity index (χ1n) is 11.3. The lowest BCUT2D eigenvalue weighted by atomic mass is 10.0. The lowest BCUT2D eigenvalue weighted by molar-refractivity contribution is 0.0741. The van der Waals surface area contributed by atoms with Crippen LogP contribution in [0.15, 0.2) is 60.0 Å². The zero-order valence-corrected chi connectivity index (χ0v) is 21.1. The molecule has 1 fully saturated rings. The molecule has 3 aromatic rings. The van der Waals surface area contributed by atoms with Gasteiger partial charge in [-0.05, 0) is 42.8 Å². The minimum Gasteiger partial charge on any atom is -0.378 e. The maximum atomic E-state index is 13.8. The molecule has 2 aromatic carbocycles. The largest absolute Gasteiger partial charge is 0.378 e. The van der Waals surface area contributed by atoms with E-state index >= 15 is 0 Å². The Morgan fingerprint density at radius 1 is 1.06 bits per heavy atom. The van der Waals surface area contributed by atoms with Crippen LogP contribution in [0.1, 0.15) is 28.9 Å². The highest BCUT2D eigenvalue weighted by atomic mass is 32.2. The number of hydrogen-bond acceptors (Lipinski definition) is 7. The average Bonchev–Trinajstić information content (AvgIpc) is 3.42. The molecule has 0 aliphatic carbocycles. The van der Waals surface area contributed by atoms with Gasteiger partial charge in [0, 0.05) is 39.9 Å². The lowest BCUT2D eigenvalue weighted by Crippen LogP contribution is -2.38. The van der Waals surface area contributed by atoms with Crippen LogP contribution >= 0.6 is 0 Å². The molecule has 1 amide bonds. The maximum Gasteiger partial charge on any atom is 0.256 e. The highest BCUT2D eigenvalue weighted by molar-refractivity contribution is 7.89. The minimum absolute atomic E-state index is 0.0843. The van der Waals surface area contributed by atoms with Crippen molar-refractivity contribution in [1.29, 1.82) is 0 Å². The van der Waals surface area contributed by atoms with E-state index in [9.17, 15) is 13.2 Å². The highest BCUT2D eigenvalue weighted by Crippen LogP contribution is 2.30. The number of ether oxygens (including phenoxy) is 1. The molecule has 1 aliphatic rings. The van der Waals surface area contributed by atoms with E-state index in [0.29, 0.717) is 37.6 Å². The molecule has 10 nitrogen and oxygen atoms in total. The summed E-state index contributed by atoms with van der Waals surface area (Å²) in [5.74, 6) is -0.254. The second kappa shape index (κ2) is 10.1. The van der Waals surface area contributed by atoms with Crippen molar-refractivity contribution in [1.82, 2.24) is 24.0 Å². The predicted molar refractivity (Wildman–Crippen MR) is 132 cm³/mol. The quantitative estimate of drug-likeness (QED) is 0.492. The topological polar surface area (TPSA) is 101 Å². The number of rotatable bonds is 7. The van der Waals surface area contributed by atoms with E-state index < -0.39 is 10.0 Å². The maximum absolute atomic E-state index is 13.8. The van der Waals surface area contributed by atoms with Gasteiger partial charge in [0.25, 0.3) is 5.91 Å². The van der Waals surface area contributed by atoms with E-state index in [1.54, 1.807) is 35.1 Å². The van der Waals surface area contributed by atoms with E-state index in [1.807, 2.05) is 31.2 Å². The van der Waals surface area contributed by atoms with Crippen LogP contribution in [0.2, 0.25) is 0 Å². The fourth-order valence-corrected chi connectivity index (χ4v) is 4.90. The number of morpholine rings is 1. The number of hydrogen-bond donors (Lipinski definition) is 0. The third-order valence-electron chi connectivity index (χ3n) is 6.29. The average molecular weight is 499 g/mol. The molecule has 0 unspecified atom stereocenters. The summed E-state index contributed by atoms with van der Waals surface area (Å²) >= 11 is 0. The van der Waals surface area contributed by atoms with Crippen LogP contribution in [0.25, 0.3) is 5.69 Å². The Hall–Kier alpha value is -3.28. The third-order valence-corrected chi connectivity index (χ3v) is 8.10. The predicted octanol–water partition coefficient (Wildman–Crippen LogP) is 2.19. The molecule has 0 radical (unpaired) electrons. The van der Waals surface area contributed by atoms with E-state index in [-0.39, 0.29) is 16.8 Å². The Balaban J connectivity index is 1.66. The molecule has 2 heterocycles. The van der Waals surface area contributed by atoms with Crippen LogP contribution in [-0.2, 0) is 14.8 Å². The summed E-state index contributed by atoms with van der Waals surface area (Å²) in [5.41, 5.74) is 2.86. The molecule has 11 heteroatoms. The van der Waals surface area contributed by atoms with Crippen molar-refractivity contribution in [2.75, 3.05) is 52.3 Å². The van der Waals surface area contributed by atoms with Gasteiger partial charge in [0.05, 0.1) is 35.4 Å². The number of nitrogens with zero attached hydrogens (tertiary/aromatic N) is 6. The molecule has 0 N–H and O–H groups in total. The van der Waals surface area contributed by atoms with Gasteiger partial charge in [0.1, 0.15) is 12.7 Å². The molecule has 35 heavy (non-hydrogen) atoms. The first kappa shape index (κ1) is 24.8. The van der Waals surface area contributed by atoms with Crippen molar-refractivity contribution in [3.8, 4) is 5.69 Å². The number of aromatic nitrogens is 3. The molecule has 1 aliphatic heterocycles. The summed E-state index contributed by atoms with van der Waals surface area (Å²) < 4.78 is 33.9. The molecule has 0 spiro atoms. The molecular formula is C24H30N6O4S. The van der Waals surface area contributed by atoms with Crippen molar-refractivity contribution in [3.05, 3.63) is 66.2 Å². The Labute approximate surface area is 205 Å². The van der Waals surface area contributed by atoms with E-state index in [2.05, 4.69) is 15.0 Å². The first-order chi connectivity index (χ1) is 16.7. The summed E-state index contributed by atoms with van der Waals surface area (Å²) in [6, 6.07) is 12.2. The molecule has 186 valence electrons. The number of carbonyl (C=O) groups is 1. The van der Waals surface area contributed by atoms with Gasteiger partial charge in [-0.1, -0.05) is 12.1 Å². The first-order valence-corrected chi connectivity index (χ1v) is 12.8. The van der Waals surface area contributed by atoms with Crippen LogP contribution < -0.4 is 4.90 Å². The standard InChI is InChI=1S/C24H30N6O4S/c1-18(19-5-7-20(8-6-19)30-17-25-16-26-30)28(4)24(31)22-15-21(35(32,33)27(2)3)9-10-23(22)29-11-13-34-14-12-29/h5-10,15-18H,11-14H2,1-4H3/t18-/m1/s1. The SMILES string of the molecule is C[C@H](c1ccc(-n2cncn2)cc1)N(C)C(=O)c1cc(S(=O)(=O)N(C)C)ccc1N1CCOCC1. The van der Waals surface area contributed by atoms with Crippen molar-refractivity contribution >= 4 is 21.6 Å². The normalized spacial score (nSPS) is 15.3. The van der Waals surface area contributed by atoms with Gasteiger partial charge >= 0.3 is 0 Å². The summed E-state index contributed by atoms with van der Waals surface area (Å²) in [4.78, 5) is 21.5. The van der Waals surface area contributed by atoms with Gasteiger partial charge in [-0.25, -0.2) is 22.4 Å². The number of sulfonamides is 1. The number of benzene rings is 2. The molecule has 4 rings (SSSR count). The van der Waals surface area contributed by atoms with Gasteiger partial charge in [-0.2, -0.15) is 5.10 Å². The van der Waals surface area contributed by atoms with Gasteiger partial charge in [-0.3, -0.25) is 4.79 Å². The fourth-order valence-electron chi connectivity index (χ4n) is 3.97. The van der Waals surface area contributed by atoms with E-state index in [4.69, 9.17) is 4.74 Å². The van der Waals surface area contributed by atoms with Crippen molar-refractivity contribution in [2.45, 2.75) is 17.9 Å². The Bertz CT molecular complexity index is 1270. The molecule has 1 saturated heterocycles. The van der Waals surface area contributed by atoms with Crippen LogP contribution in [0.5, 0.6) is 0 Å². The third kappa shape index (κ3) is 5.07. The second-order valence-corrected chi connectivity index (χ2v) is 10.7. The number of amides is 1. The lowest BCUT2D eigenvalue weighted by Gasteiger charge is -2.32. The highest BCUT2D eigenvalue weighted by Gasteiger charge is 2.27. The summed E-state index contributed by atoms with van der Waals surface area (Å²) in [7, 11) is 0.984. The minimum atomic E-state index is -3.70. The monoisotopic (exact) mass is 498 g/mol. The van der Waals surface area contributed by atoms with Crippen LogP contribution in [-0.4, -0.2) is 85.7 Å². The van der Waals surface area contributed by atoms with Crippen LogP contribution in [0.4, 0.5) is 5.69 Å². The summed E-state index contributed by atoms with van der Waals surface area (Å²) in [6.45, 7) is 4.30. The van der Waals surface area contributed by atoms with Gasteiger partial charge < -0.3 is 14.5 Å². The molecular weight excluding hydrogens is 468 g/mol. The Kier molecular flexibility index (Phi) is 7.20. The van der Waals surface area contributed by atoms with Crippen LogP contribution in [0.3, 0.4) is 0 Å². The zero-order chi connectivity index (χ0) is 25.2. The molecule has 0 saturated carbocycles. The van der Waals surface area contributed by atoms with Crippen molar-refractivity contribution in [3.63, 3.8) is 0 Å². The Morgan fingerprint density at radius 2 is 1.74 bits per heavy atom. The second-order valence-electron chi connectivity index (χ2n) is 8.59.